The largest absolute Gasteiger partial charge is 0.476 e. The summed E-state index contributed by atoms with van der Waals surface area (Å²) in [5.74, 6) is 0.750. The Labute approximate surface area is 137 Å². The van der Waals surface area contributed by atoms with Crippen LogP contribution in [-0.4, -0.2) is 42.1 Å². The van der Waals surface area contributed by atoms with Gasteiger partial charge >= 0.3 is 0 Å². The first-order chi connectivity index (χ1) is 10.7. The van der Waals surface area contributed by atoms with E-state index in [4.69, 9.17) is 4.74 Å². The maximum Gasteiger partial charge on any atom is 0.224 e. The van der Waals surface area contributed by atoms with Gasteiger partial charge in [-0.1, -0.05) is 27.7 Å². The topological polar surface area (TPSA) is 38.2 Å². The summed E-state index contributed by atoms with van der Waals surface area (Å²) in [6.07, 6.45) is 0.639. The van der Waals surface area contributed by atoms with Gasteiger partial charge in [0, 0.05) is 13.0 Å². The van der Waals surface area contributed by atoms with E-state index in [-0.39, 0.29) is 11.2 Å². The second-order valence-corrected chi connectivity index (χ2v) is 7.05. The number of halogens is 1. The van der Waals surface area contributed by atoms with Crippen molar-refractivity contribution < 1.29 is 9.13 Å². The van der Waals surface area contributed by atoms with Crippen LogP contribution in [0.5, 0.6) is 5.88 Å². The maximum absolute atomic E-state index is 14.6. The van der Waals surface area contributed by atoms with Gasteiger partial charge in [-0.05, 0) is 37.2 Å². The van der Waals surface area contributed by atoms with Crippen LogP contribution in [0.1, 0.15) is 39.1 Å². The lowest BCUT2D eigenvalue weighted by Crippen LogP contribution is -2.20. The molecule has 0 spiro atoms. The highest BCUT2D eigenvalue weighted by atomic mass is 19.1. The first-order valence-corrected chi connectivity index (χ1v) is 8.00. The molecule has 4 nitrogen and oxygen atoms in total. The highest BCUT2D eigenvalue weighted by molar-refractivity contribution is 5.85. The first-order valence-electron chi connectivity index (χ1n) is 8.00. The third kappa shape index (κ3) is 4.16. The smallest absolute Gasteiger partial charge is 0.224 e. The number of likely N-dealkylation sites (N-methyl/N-ethyl adjacent to an activating group) is 1. The average molecular weight is 319 g/mol. The van der Waals surface area contributed by atoms with Crippen LogP contribution in [-0.2, 0) is 11.8 Å². The van der Waals surface area contributed by atoms with E-state index >= 15 is 0 Å². The third-order valence-corrected chi connectivity index (χ3v) is 3.72. The first kappa shape index (κ1) is 17.6. The predicted molar refractivity (Wildman–Crippen MR) is 91.6 cm³/mol. The fourth-order valence-electron chi connectivity index (χ4n) is 2.23. The Kier molecular flexibility index (Phi) is 5.19. The predicted octanol–water partition coefficient (Wildman–Crippen LogP) is 3.57. The maximum atomic E-state index is 14.6. The summed E-state index contributed by atoms with van der Waals surface area (Å²) in [7, 11) is 3.96. The summed E-state index contributed by atoms with van der Waals surface area (Å²) in [6.45, 7) is 9.40. The second-order valence-electron chi connectivity index (χ2n) is 7.05. The molecule has 0 aliphatic carbocycles. The van der Waals surface area contributed by atoms with Crippen LogP contribution >= 0.6 is 0 Å². The van der Waals surface area contributed by atoms with Crippen molar-refractivity contribution >= 4 is 10.9 Å². The van der Waals surface area contributed by atoms with Crippen molar-refractivity contribution in [2.45, 2.75) is 39.5 Å². The number of aromatic nitrogens is 2. The molecule has 0 saturated carbocycles. The summed E-state index contributed by atoms with van der Waals surface area (Å²) in [5, 5.41) is 0.644. The molecular weight excluding hydrogens is 293 g/mol. The minimum Gasteiger partial charge on any atom is -0.476 e. The third-order valence-electron chi connectivity index (χ3n) is 3.72. The van der Waals surface area contributed by atoms with Gasteiger partial charge in [0.05, 0.1) is 5.39 Å². The zero-order valence-corrected chi connectivity index (χ0v) is 14.9. The quantitative estimate of drug-likeness (QED) is 0.844. The second kappa shape index (κ2) is 6.79. The molecular formula is C18H26FN3O. The van der Waals surface area contributed by atoms with Crippen LogP contribution in [0, 0.1) is 5.82 Å². The summed E-state index contributed by atoms with van der Waals surface area (Å²) in [4.78, 5) is 10.8. The van der Waals surface area contributed by atoms with Crippen molar-refractivity contribution in [2.75, 3.05) is 27.2 Å². The van der Waals surface area contributed by atoms with E-state index in [9.17, 15) is 4.39 Å². The molecule has 1 heterocycles. The summed E-state index contributed by atoms with van der Waals surface area (Å²) in [5.41, 5.74) is 1.09. The van der Waals surface area contributed by atoms with E-state index in [1.807, 2.05) is 32.0 Å². The molecule has 1 aromatic carbocycles. The van der Waals surface area contributed by atoms with E-state index < -0.39 is 0 Å². The van der Waals surface area contributed by atoms with Gasteiger partial charge < -0.3 is 9.64 Å². The van der Waals surface area contributed by atoms with E-state index in [0.717, 1.165) is 12.1 Å². The van der Waals surface area contributed by atoms with Crippen LogP contribution in [0.4, 0.5) is 4.39 Å². The van der Waals surface area contributed by atoms with Crippen LogP contribution < -0.4 is 4.74 Å². The van der Waals surface area contributed by atoms with Gasteiger partial charge in [0.25, 0.3) is 0 Å². The molecule has 0 atom stereocenters. The van der Waals surface area contributed by atoms with Crippen molar-refractivity contribution in [3.8, 4) is 5.88 Å². The molecule has 0 bridgehead atoms. The summed E-state index contributed by atoms with van der Waals surface area (Å²) >= 11 is 0. The van der Waals surface area contributed by atoms with E-state index in [2.05, 4.69) is 30.7 Å². The van der Waals surface area contributed by atoms with Gasteiger partial charge in [0.1, 0.15) is 23.8 Å². The molecule has 0 unspecified atom stereocenters. The molecule has 0 saturated heterocycles. The Morgan fingerprint density at radius 1 is 1.17 bits per heavy atom. The minimum atomic E-state index is -0.318. The molecule has 126 valence electrons. The fourth-order valence-corrected chi connectivity index (χ4v) is 2.23. The lowest BCUT2D eigenvalue weighted by atomic mass is 9.86. The number of rotatable bonds is 5. The van der Waals surface area contributed by atoms with Crippen molar-refractivity contribution in [3.05, 3.63) is 29.3 Å². The van der Waals surface area contributed by atoms with E-state index in [1.54, 1.807) is 6.07 Å². The number of nitrogens with zero attached hydrogens (tertiary/aromatic N) is 3. The highest BCUT2D eigenvalue weighted by Gasteiger charge is 2.20. The van der Waals surface area contributed by atoms with Gasteiger partial charge in [-0.15, -0.1) is 0 Å². The fraction of sp³-hybridized carbons (Fsp3) is 0.556. The molecule has 2 rings (SSSR count). The Morgan fingerprint density at radius 2 is 1.87 bits per heavy atom. The number of aryl methyl sites for hydroxylation is 1. The zero-order chi connectivity index (χ0) is 17.2. The monoisotopic (exact) mass is 319 g/mol. The molecule has 23 heavy (non-hydrogen) atoms. The molecule has 0 aliphatic heterocycles. The summed E-state index contributed by atoms with van der Waals surface area (Å²) < 4.78 is 20.4. The molecule has 2 aromatic rings. The van der Waals surface area contributed by atoms with Crippen molar-refractivity contribution in [2.24, 2.45) is 0 Å². The zero-order valence-electron chi connectivity index (χ0n) is 14.9. The lowest BCUT2D eigenvalue weighted by Gasteiger charge is -2.20. The standard InChI is InChI=1S/C18H26FN3O/c1-7-15-20-16-13(17(21-15)23-9-8-22(5)6)10-12(11-14(16)19)18(2,3)4/h10-11H,7-9H2,1-6H3. The molecule has 0 fully saturated rings. The normalized spacial score (nSPS) is 12.2. The Morgan fingerprint density at radius 3 is 2.43 bits per heavy atom. The average Bonchev–Trinajstić information content (AvgIpc) is 2.46. The van der Waals surface area contributed by atoms with Crippen molar-refractivity contribution in [3.63, 3.8) is 0 Å². The number of fused-ring (bicyclic) bond motifs is 1. The van der Waals surface area contributed by atoms with Gasteiger partial charge in [0.2, 0.25) is 5.88 Å². The van der Waals surface area contributed by atoms with Crippen LogP contribution in [0.25, 0.3) is 10.9 Å². The van der Waals surface area contributed by atoms with E-state index in [1.165, 1.54) is 0 Å². The van der Waals surface area contributed by atoms with Crippen LogP contribution in [0.15, 0.2) is 12.1 Å². The van der Waals surface area contributed by atoms with Crippen LogP contribution in [0.2, 0.25) is 0 Å². The molecule has 5 heteroatoms. The van der Waals surface area contributed by atoms with Crippen LogP contribution in [0.3, 0.4) is 0 Å². The number of hydrogen-bond donors (Lipinski definition) is 0. The van der Waals surface area contributed by atoms with Gasteiger partial charge in [-0.2, -0.15) is 4.98 Å². The molecule has 0 radical (unpaired) electrons. The van der Waals surface area contributed by atoms with Gasteiger partial charge in [0.15, 0.2) is 0 Å². The number of benzene rings is 1. The van der Waals surface area contributed by atoms with Crippen molar-refractivity contribution in [1.29, 1.82) is 0 Å². The van der Waals surface area contributed by atoms with Crippen molar-refractivity contribution in [1.82, 2.24) is 14.9 Å². The van der Waals surface area contributed by atoms with E-state index in [0.29, 0.717) is 35.6 Å². The molecule has 0 N–H and O–H groups in total. The SMILES string of the molecule is CCc1nc(OCCN(C)C)c2cc(C(C)(C)C)cc(F)c2n1. The lowest BCUT2D eigenvalue weighted by molar-refractivity contribution is 0.255. The molecule has 0 aliphatic rings. The number of hydrogen-bond acceptors (Lipinski definition) is 4. The Bertz CT molecular complexity index is 693. The number of ether oxygens (including phenoxy) is 1. The minimum absolute atomic E-state index is 0.153. The Hall–Kier alpha value is -1.75. The molecule has 0 amide bonds. The van der Waals surface area contributed by atoms with Gasteiger partial charge in [-0.3, -0.25) is 0 Å². The van der Waals surface area contributed by atoms with Gasteiger partial charge in [-0.25, -0.2) is 9.37 Å². The summed E-state index contributed by atoms with van der Waals surface area (Å²) in [6, 6.07) is 3.52. The molecule has 1 aromatic heterocycles. The Balaban J connectivity index is 2.55. The highest BCUT2D eigenvalue weighted by Crippen LogP contribution is 2.31.